The standard InChI is InChI=1S/C37H52O6/c1-25(2)27-15-18-37(32(40)42-21-26-11-9-8-10-12-26)20-19-35(6)28(31(27)37)13-14-30-34(5,22-41-23-38)29(16-17-36(30,35)7)33(3,4)43-24-39/h8-12,23-24,27-31H,1,13-22H2,2-7H3/t27-,28+,29-,30+,31+,34-,35+,36+,37-/m0/s1. The number of carbonyl (C=O) groups excluding carboxylic acids is 3. The van der Waals surface area contributed by atoms with Gasteiger partial charge in [0.05, 0.1) is 12.0 Å². The molecule has 4 aliphatic carbocycles. The van der Waals surface area contributed by atoms with Crippen LogP contribution in [-0.2, 0) is 35.2 Å². The van der Waals surface area contributed by atoms with Crippen molar-refractivity contribution >= 4 is 18.9 Å². The van der Waals surface area contributed by atoms with E-state index in [1.165, 1.54) is 5.57 Å². The van der Waals surface area contributed by atoms with Crippen LogP contribution in [0, 0.1) is 51.2 Å². The summed E-state index contributed by atoms with van der Waals surface area (Å²) in [5.41, 5.74) is 0.635. The third kappa shape index (κ3) is 4.86. The predicted octanol–water partition coefficient (Wildman–Crippen LogP) is 7.69. The number of allylic oxidation sites excluding steroid dienone is 1. The normalized spacial score (nSPS) is 40.3. The molecule has 5 rings (SSSR count). The molecule has 0 aromatic heterocycles. The lowest BCUT2D eigenvalue weighted by Crippen LogP contribution is -2.67. The lowest BCUT2D eigenvalue weighted by Gasteiger charge is -2.71. The number of carbonyl (C=O) groups is 3. The molecular weight excluding hydrogens is 540 g/mol. The molecule has 0 N–H and O–H groups in total. The first kappa shape index (κ1) is 31.8. The molecule has 0 unspecified atom stereocenters. The number of fused-ring (bicyclic) bond motifs is 5. The van der Waals surface area contributed by atoms with Gasteiger partial charge in [0.25, 0.3) is 12.9 Å². The Hall–Kier alpha value is -2.63. The predicted molar refractivity (Wildman–Crippen MR) is 165 cm³/mol. The van der Waals surface area contributed by atoms with Gasteiger partial charge in [-0.15, -0.1) is 0 Å². The molecule has 236 valence electrons. The van der Waals surface area contributed by atoms with Gasteiger partial charge in [-0.2, -0.15) is 0 Å². The Balaban J connectivity index is 1.51. The highest BCUT2D eigenvalue weighted by Gasteiger charge is 2.71. The van der Waals surface area contributed by atoms with Crippen LogP contribution in [0.1, 0.15) is 98.5 Å². The van der Waals surface area contributed by atoms with Gasteiger partial charge < -0.3 is 14.2 Å². The highest BCUT2D eigenvalue weighted by Crippen LogP contribution is 2.76. The number of esters is 1. The molecule has 0 amide bonds. The van der Waals surface area contributed by atoms with E-state index in [4.69, 9.17) is 14.2 Å². The van der Waals surface area contributed by atoms with Gasteiger partial charge in [-0.3, -0.25) is 14.4 Å². The maximum atomic E-state index is 14.2. The Labute approximate surface area is 258 Å². The van der Waals surface area contributed by atoms with E-state index < -0.39 is 11.0 Å². The van der Waals surface area contributed by atoms with Crippen LogP contribution in [0.3, 0.4) is 0 Å². The van der Waals surface area contributed by atoms with Crippen molar-refractivity contribution in [2.45, 2.75) is 105 Å². The summed E-state index contributed by atoms with van der Waals surface area (Å²) in [5, 5.41) is 0. The van der Waals surface area contributed by atoms with Gasteiger partial charge in [-0.25, -0.2) is 0 Å². The summed E-state index contributed by atoms with van der Waals surface area (Å²) < 4.78 is 17.4. The number of rotatable bonds is 10. The molecule has 0 spiro atoms. The molecule has 0 bridgehead atoms. The fourth-order valence-electron chi connectivity index (χ4n) is 11.5. The highest BCUT2D eigenvalue weighted by atomic mass is 16.5. The van der Waals surface area contributed by atoms with Crippen molar-refractivity contribution < 1.29 is 28.6 Å². The van der Waals surface area contributed by atoms with Gasteiger partial charge in [0.2, 0.25) is 0 Å². The van der Waals surface area contributed by atoms with Crippen molar-refractivity contribution in [3.63, 3.8) is 0 Å². The second-order valence-electron chi connectivity index (χ2n) is 15.6. The van der Waals surface area contributed by atoms with E-state index in [1.54, 1.807) is 0 Å². The number of hydrogen-bond donors (Lipinski definition) is 0. The fraction of sp³-hybridized carbons (Fsp3) is 0.703. The molecule has 0 heterocycles. The van der Waals surface area contributed by atoms with E-state index in [2.05, 4.69) is 34.3 Å². The topological polar surface area (TPSA) is 78.9 Å². The van der Waals surface area contributed by atoms with E-state index in [0.717, 1.165) is 56.9 Å². The van der Waals surface area contributed by atoms with Crippen LogP contribution in [0.15, 0.2) is 42.5 Å². The molecule has 1 aromatic carbocycles. The average molecular weight is 593 g/mol. The Morgan fingerprint density at radius 1 is 0.953 bits per heavy atom. The zero-order valence-electron chi connectivity index (χ0n) is 27.2. The molecule has 0 radical (unpaired) electrons. The van der Waals surface area contributed by atoms with Crippen LogP contribution in [0.25, 0.3) is 0 Å². The van der Waals surface area contributed by atoms with Gasteiger partial charge in [-0.1, -0.05) is 63.3 Å². The van der Waals surface area contributed by atoms with Crippen LogP contribution in [0.4, 0.5) is 0 Å². The van der Waals surface area contributed by atoms with E-state index in [1.807, 2.05) is 44.2 Å². The first-order chi connectivity index (χ1) is 20.3. The van der Waals surface area contributed by atoms with Gasteiger partial charge >= 0.3 is 5.97 Å². The van der Waals surface area contributed by atoms with Gasteiger partial charge in [0.1, 0.15) is 12.2 Å². The van der Waals surface area contributed by atoms with Crippen LogP contribution in [0.2, 0.25) is 0 Å². The number of hydrogen-bond acceptors (Lipinski definition) is 6. The van der Waals surface area contributed by atoms with Crippen LogP contribution < -0.4 is 0 Å². The van der Waals surface area contributed by atoms with Crippen molar-refractivity contribution in [3.8, 4) is 0 Å². The Kier molecular flexibility index (Phi) is 8.41. The molecule has 6 heteroatoms. The summed E-state index contributed by atoms with van der Waals surface area (Å²) in [7, 11) is 0. The van der Waals surface area contributed by atoms with Gasteiger partial charge in [-0.05, 0) is 112 Å². The summed E-state index contributed by atoms with van der Waals surface area (Å²) in [6.45, 7) is 19.5. The first-order valence-corrected chi connectivity index (χ1v) is 16.3. The maximum absolute atomic E-state index is 14.2. The monoisotopic (exact) mass is 592 g/mol. The first-order valence-electron chi connectivity index (χ1n) is 16.3. The Bertz CT molecular complexity index is 1220. The average Bonchev–Trinajstić information content (AvgIpc) is 3.37. The Morgan fingerprint density at radius 2 is 1.67 bits per heavy atom. The lowest BCUT2D eigenvalue weighted by atomic mass is 9.34. The van der Waals surface area contributed by atoms with E-state index in [9.17, 15) is 14.4 Å². The summed E-state index contributed by atoms with van der Waals surface area (Å²) >= 11 is 0. The zero-order chi connectivity index (χ0) is 31.3. The van der Waals surface area contributed by atoms with Crippen LogP contribution in [0.5, 0.6) is 0 Å². The number of benzene rings is 1. The fourth-order valence-corrected chi connectivity index (χ4v) is 11.5. The van der Waals surface area contributed by atoms with Crippen LogP contribution in [-0.4, -0.2) is 31.1 Å². The van der Waals surface area contributed by atoms with Crippen molar-refractivity contribution in [1.82, 2.24) is 0 Å². The third-order valence-electron chi connectivity index (χ3n) is 13.6. The molecule has 0 aliphatic heterocycles. The smallest absolute Gasteiger partial charge is 0.312 e. The quantitative estimate of drug-likeness (QED) is 0.120. The molecule has 43 heavy (non-hydrogen) atoms. The molecule has 0 saturated heterocycles. The molecular formula is C37H52O6. The second kappa shape index (κ2) is 11.4. The summed E-state index contributed by atoms with van der Waals surface area (Å²) in [6, 6.07) is 9.97. The molecule has 1 aromatic rings. The van der Waals surface area contributed by atoms with Crippen molar-refractivity contribution in [3.05, 3.63) is 48.0 Å². The molecule has 4 saturated carbocycles. The van der Waals surface area contributed by atoms with E-state index in [-0.39, 0.29) is 40.0 Å². The second-order valence-corrected chi connectivity index (χ2v) is 15.6. The summed E-state index contributed by atoms with van der Waals surface area (Å²) in [6.07, 6.45) is 7.52. The highest BCUT2D eigenvalue weighted by molar-refractivity contribution is 5.78. The zero-order valence-corrected chi connectivity index (χ0v) is 27.2. The van der Waals surface area contributed by atoms with E-state index >= 15 is 0 Å². The summed E-state index contributed by atoms with van der Waals surface area (Å²) in [4.78, 5) is 37.2. The van der Waals surface area contributed by atoms with Gasteiger partial charge in [0.15, 0.2) is 0 Å². The molecule has 6 nitrogen and oxygen atoms in total. The minimum atomic E-state index is -0.678. The van der Waals surface area contributed by atoms with Crippen LogP contribution >= 0.6 is 0 Å². The Morgan fingerprint density at radius 3 is 2.33 bits per heavy atom. The molecule has 4 aliphatic rings. The SMILES string of the molecule is C=C(C)[C@@H]1CC[C@]2(C(=O)OCc3ccccc3)CC[C@]3(C)[C@H](CC[C@@H]4[C@@](C)(COC=O)[C@H](C(C)(C)OC=O)CC[C@]43C)[C@@H]12. The van der Waals surface area contributed by atoms with E-state index in [0.29, 0.717) is 38.0 Å². The molecule has 9 atom stereocenters. The maximum Gasteiger partial charge on any atom is 0.312 e. The van der Waals surface area contributed by atoms with Crippen molar-refractivity contribution in [2.24, 2.45) is 51.2 Å². The molecule has 4 fully saturated rings. The number of ether oxygens (including phenoxy) is 3. The third-order valence-corrected chi connectivity index (χ3v) is 13.6. The minimum Gasteiger partial charge on any atom is -0.467 e. The van der Waals surface area contributed by atoms with Crippen molar-refractivity contribution in [2.75, 3.05) is 6.61 Å². The minimum absolute atomic E-state index is 0.00903. The van der Waals surface area contributed by atoms with Gasteiger partial charge in [0, 0.05) is 11.3 Å². The largest absolute Gasteiger partial charge is 0.467 e. The summed E-state index contributed by atoms with van der Waals surface area (Å²) in [5.74, 6) is 1.17. The van der Waals surface area contributed by atoms with Crippen molar-refractivity contribution in [1.29, 1.82) is 0 Å². The lowest BCUT2D eigenvalue weighted by molar-refractivity contribution is -0.245.